The molecule has 0 radical (unpaired) electrons. The molecule has 1 saturated heterocycles. The Hall–Kier alpha value is -4.19. The number of hydrogen-bond acceptors (Lipinski definition) is 6. The number of carbonyl (C=O) groups is 4. The van der Waals surface area contributed by atoms with Crippen molar-refractivity contribution in [2.75, 3.05) is 18.4 Å². The van der Waals surface area contributed by atoms with Crippen molar-refractivity contribution < 1.29 is 24.3 Å². The maximum absolute atomic E-state index is 13.7. The average molecular weight is 542 g/mol. The van der Waals surface area contributed by atoms with Crippen molar-refractivity contribution in [2.24, 2.45) is 11.1 Å². The normalized spacial score (nSPS) is 17.9. The van der Waals surface area contributed by atoms with E-state index in [0.717, 1.165) is 0 Å². The fraction of sp³-hybridized carbons (Fsp3) is 0.360. The lowest BCUT2D eigenvalue weighted by Gasteiger charge is -2.50. The topological polar surface area (TPSA) is 164 Å². The summed E-state index contributed by atoms with van der Waals surface area (Å²) >= 11 is 5.97. The Labute approximate surface area is 223 Å². The molecule has 0 saturated carbocycles. The number of nitrogens with two attached hydrogens (primary N) is 1. The van der Waals surface area contributed by atoms with E-state index >= 15 is 0 Å². The van der Waals surface area contributed by atoms with Gasteiger partial charge in [0.2, 0.25) is 11.8 Å². The van der Waals surface area contributed by atoms with Gasteiger partial charge in [0.15, 0.2) is 5.69 Å². The van der Waals surface area contributed by atoms with Crippen LogP contribution < -0.4 is 11.1 Å². The lowest BCUT2D eigenvalue weighted by molar-refractivity contribution is -0.147. The summed E-state index contributed by atoms with van der Waals surface area (Å²) in [6.07, 6.45) is -1.19. The van der Waals surface area contributed by atoms with Crippen molar-refractivity contribution in [1.82, 2.24) is 24.6 Å². The van der Waals surface area contributed by atoms with Crippen molar-refractivity contribution in [3.63, 3.8) is 0 Å². The number of pyridine rings is 1. The Balaban J connectivity index is 1.73. The van der Waals surface area contributed by atoms with Crippen LogP contribution in [0.1, 0.15) is 31.3 Å². The predicted octanol–water partition coefficient (Wildman–Crippen LogP) is 2.43. The van der Waals surface area contributed by atoms with Gasteiger partial charge >= 0.3 is 6.09 Å². The van der Waals surface area contributed by atoms with Gasteiger partial charge in [-0.1, -0.05) is 56.6 Å². The molecule has 4 amide bonds. The summed E-state index contributed by atoms with van der Waals surface area (Å²) in [7, 11) is 0. The summed E-state index contributed by atoms with van der Waals surface area (Å²) < 4.78 is 1.36. The number of hydrogen-bond donors (Lipinski definition) is 3. The molecule has 2 aromatic heterocycles. The molecular formula is C25H28ClN7O5. The van der Waals surface area contributed by atoms with E-state index in [4.69, 9.17) is 17.3 Å². The zero-order valence-corrected chi connectivity index (χ0v) is 21.8. The number of nitrogens with zero attached hydrogens (tertiary/aromatic N) is 5. The van der Waals surface area contributed by atoms with Gasteiger partial charge in [-0.15, -0.1) is 0 Å². The number of aromatic nitrogens is 3. The molecule has 3 heterocycles. The van der Waals surface area contributed by atoms with Gasteiger partial charge in [0.05, 0.1) is 11.6 Å². The number of fused-ring (bicyclic) bond motifs is 1. The number of nitrogens with one attached hydrogen (secondary N) is 1. The molecule has 12 nitrogen and oxygen atoms in total. The summed E-state index contributed by atoms with van der Waals surface area (Å²) in [5.74, 6) is -1.66. The minimum absolute atomic E-state index is 0.00853. The van der Waals surface area contributed by atoms with Gasteiger partial charge in [0.1, 0.15) is 23.6 Å². The number of rotatable bonds is 5. The second-order valence-electron chi connectivity index (χ2n) is 10.0. The van der Waals surface area contributed by atoms with Gasteiger partial charge in [0.25, 0.3) is 5.91 Å². The van der Waals surface area contributed by atoms with Gasteiger partial charge < -0.3 is 26.0 Å². The van der Waals surface area contributed by atoms with Crippen LogP contribution in [-0.4, -0.2) is 78.7 Å². The molecule has 2 unspecified atom stereocenters. The smallest absolute Gasteiger partial charge is 0.407 e. The van der Waals surface area contributed by atoms with Crippen molar-refractivity contribution in [3.05, 3.63) is 53.3 Å². The number of benzene rings is 1. The monoisotopic (exact) mass is 541 g/mol. The fourth-order valence-electron chi connectivity index (χ4n) is 4.88. The summed E-state index contributed by atoms with van der Waals surface area (Å²) in [6.45, 7) is 5.10. The van der Waals surface area contributed by atoms with Crippen LogP contribution in [0.3, 0.4) is 0 Å². The third kappa shape index (κ3) is 5.25. The van der Waals surface area contributed by atoms with E-state index in [1.54, 1.807) is 63.2 Å². The van der Waals surface area contributed by atoms with Crippen molar-refractivity contribution in [2.45, 2.75) is 39.4 Å². The van der Waals surface area contributed by atoms with E-state index in [1.807, 2.05) is 0 Å². The number of amides is 4. The largest absolute Gasteiger partial charge is 0.465 e. The second kappa shape index (κ2) is 10.3. The maximum atomic E-state index is 13.7. The molecule has 0 spiro atoms. The van der Waals surface area contributed by atoms with Crippen LogP contribution in [0.4, 0.5) is 10.6 Å². The van der Waals surface area contributed by atoms with E-state index < -0.39 is 41.3 Å². The first-order valence-corrected chi connectivity index (χ1v) is 12.2. The predicted molar refractivity (Wildman–Crippen MR) is 140 cm³/mol. The highest BCUT2D eigenvalue weighted by Gasteiger charge is 2.50. The molecule has 2 atom stereocenters. The Bertz CT molecular complexity index is 1420. The number of primary amides is 1. The Morgan fingerprint density at radius 3 is 2.39 bits per heavy atom. The first kappa shape index (κ1) is 26.9. The van der Waals surface area contributed by atoms with Crippen LogP contribution in [0.2, 0.25) is 5.15 Å². The summed E-state index contributed by atoms with van der Waals surface area (Å²) in [4.78, 5) is 58.1. The quantitative estimate of drug-likeness (QED) is 0.417. The molecule has 1 fully saturated rings. The highest BCUT2D eigenvalue weighted by molar-refractivity contribution is 6.29. The summed E-state index contributed by atoms with van der Waals surface area (Å²) in [6, 6.07) is 9.48. The van der Waals surface area contributed by atoms with Gasteiger partial charge in [0, 0.05) is 18.5 Å². The standard InChI is InChI=1S/C25H28ClN7O5/c1-25(2,3)21-20(23(36)29-17-10-6-9-16(26)28-17)31(11-12-32(21)24(37)38)18(34)13-33-15-8-5-4-7-14(15)19(30-33)22(27)35/h4-10,20-21H,11-13H2,1-3H3,(H2,27,35)(H,37,38)(H,28,29,36). The minimum Gasteiger partial charge on any atom is -0.465 e. The van der Waals surface area contributed by atoms with E-state index in [1.165, 1.54) is 14.5 Å². The van der Waals surface area contributed by atoms with Crippen molar-refractivity contribution in [3.8, 4) is 0 Å². The highest BCUT2D eigenvalue weighted by Crippen LogP contribution is 2.33. The molecule has 4 rings (SSSR count). The molecule has 38 heavy (non-hydrogen) atoms. The number of carbonyl (C=O) groups excluding carboxylic acids is 3. The Morgan fingerprint density at radius 1 is 1.08 bits per heavy atom. The number of para-hydroxylation sites is 1. The molecule has 200 valence electrons. The zero-order valence-electron chi connectivity index (χ0n) is 21.1. The van der Waals surface area contributed by atoms with Crippen LogP contribution in [0, 0.1) is 5.41 Å². The van der Waals surface area contributed by atoms with E-state index in [-0.39, 0.29) is 36.3 Å². The van der Waals surface area contributed by atoms with E-state index in [2.05, 4.69) is 15.4 Å². The van der Waals surface area contributed by atoms with E-state index in [0.29, 0.717) is 10.9 Å². The van der Waals surface area contributed by atoms with Crippen LogP contribution in [-0.2, 0) is 16.1 Å². The summed E-state index contributed by atoms with van der Waals surface area (Å²) in [5, 5.41) is 17.5. The third-order valence-corrected chi connectivity index (χ3v) is 6.63. The van der Waals surface area contributed by atoms with Gasteiger partial charge in [-0.2, -0.15) is 5.10 Å². The van der Waals surface area contributed by atoms with Crippen molar-refractivity contribution >= 4 is 52.1 Å². The number of halogens is 1. The Kier molecular flexibility index (Phi) is 7.27. The van der Waals surface area contributed by atoms with Crippen molar-refractivity contribution in [1.29, 1.82) is 0 Å². The molecule has 0 bridgehead atoms. The molecule has 1 aromatic carbocycles. The molecule has 1 aliphatic heterocycles. The lowest BCUT2D eigenvalue weighted by Crippen LogP contribution is -2.69. The van der Waals surface area contributed by atoms with Crippen LogP contribution in [0.5, 0.6) is 0 Å². The molecule has 0 aliphatic carbocycles. The molecule has 1 aliphatic rings. The van der Waals surface area contributed by atoms with E-state index in [9.17, 15) is 24.3 Å². The molecule has 13 heteroatoms. The SMILES string of the molecule is CC(C)(C)C1C(C(=O)Nc2cccc(Cl)n2)N(C(=O)Cn2nc(C(N)=O)c3ccccc32)CCN1C(=O)O. The lowest BCUT2D eigenvalue weighted by atomic mass is 9.79. The van der Waals surface area contributed by atoms with Gasteiger partial charge in [-0.3, -0.25) is 19.1 Å². The highest BCUT2D eigenvalue weighted by atomic mass is 35.5. The number of piperazine rings is 1. The third-order valence-electron chi connectivity index (χ3n) is 6.42. The molecule has 3 aromatic rings. The fourth-order valence-corrected chi connectivity index (χ4v) is 5.05. The average Bonchev–Trinajstić information content (AvgIpc) is 3.21. The minimum atomic E-state index is -1.19. The summed E-state index contributed by atoms with van der Waals surface area (Å²) in [5.41, 5.74) is 5.31. The van der Waals surface area contributed by atoms with Crippen LogP contribution in [0.15, 0.2) is 42.5 Å². The first-order chi connectivity index (χ1) is 17.9. The molecule has 4 N–H and O–H groups in total. The van der Waals surface area contributed by atoms with Crippen LogP contribution >= 0.6 is 11.6 Å². The first-order valence-electron chi connectivity index (χ1n) is 11.9. The van der Waals surface area contributed by atoms with Gasteiger partial charge in [-0.25, -0.2) is 9.78 Å². The Morgan fingerprint density at radius 2 is 1.76 bits per heavy atom. The number of carboxylic acid groups (broad SMARTS) is 1. The van der Waals surface area contributed by atoms with Crippen LogP contribution in [0.25, 0.3) is 10.9 Å². The van der Waals surface area contributed by atoms with Gasteiger partial charge in [-0.05, 0) is 23.6 Å². The maximum Gasteiger partial charge on any atom is 0.407 e. The second-order valence-corrected chi connectivity index (χ2v) is 10.4. The zero-order chi connectivity index (χ0) is 27.8. The molecular weight excluding hydrogens is 514 g/mol. The number of anilines is 1.